The van der Waals surface area contributed by atoms with Crippen LogP contribution < -0.4 is 4.90 Å². The van der Waals surface area contributed by atoms with E-state index in [4.69, 9.17) is 11.6 Å². The number of anilines is 1. The number of piperazine rings is 1. The van der Waals surface area contributed by atoms with Gasteiger partial charge in [-0.15, -0.1) is 0 Å². The lowest BCUT2D eigenvalue weighted by atomic mass is 10.2. The van der Waals surface area contributed by atoms with Crippen LogP contribution >= 0.6 is 11.6 Å². The minimum Gasteiger partial charge on any atom is -0.354 e. The molecule has 0 atom stereocenters. The third-order valence-corrected chi connectivity index (χ3v) is 7.59. The van der Waals surface area contributed by atoms with Gasteiger partial charge in [0.2, 0.25) is 10.0 Å². The van der Waals surface area contributed by atoms with Crippen LogP contribution in [0, 0.1) is 5.82 Å². The van der Waals surface area contributed by atoms with Crippen molar-refractivity contribution in [3.8, 4) is 0 Å². The summed E-state index contributed by atoms with van der Waals surface area (Å²) in [5.74, 6) is 0.457. The van der Waals surface area contributed by atoms with Crippen molar-refractivity contribution in [1.29, 1.82) is 0 Å². The summed E-state index contributed by atoms with van der Waals surface area (Å²) in [5.41, 5.74) is 0.520. The van der Waals surface area contributed by atoms with Crippen LogP contribution in [-0.2, 0) is 16.6 Å². The molecule has 9 heteroatoms. The second-order valence-electron chi connectivity index (χ2n) is 6.90. The largest absolute Gasteiger partial charge is 0.354 e. The van der Waals surface area contributed by atoms with E-state index in [0.717, 1.165) is 32.0 Å². The first-order valence-corrected chi connectivity index (χ1v) is 11.5. The predicted octanol–water partition coefficient (Wildman–Crippen LogP) is 3.23. The number of rotatable bonds is 7. The van der Waals surface area contributed by atoms with Crippen molar-refractivity contribution in [2.45, 2.75) is 25.3 Å². The summed E-state index contributed by atoms with van der Waals surface area (Å²) < 4.78 is 40.6. The van der Waals surface area contributed by atoms with E-state index < -0.39 is 10.0 Å². The van der Waals surface area contributed by atoms with Gasteiger partial charge in [-0.3, -0.25) is 4.90 Å². The Morgan fingerprint density at radius 2 is 1.79 bits per heavy atom. The van der Waals surface area contributed by atoms with Crippen LogP contribution in [0.15, 0.2) is 41.4 Å². The van der Waals surface area contributed by atoms with Gasteiger partial charge in [0.1, 0.15) is 16.5 Å². The third-order valence-electron chi connectivity index (χ3n) is 5.20. The zero-order valence-electron chi connectivity index (χ0n) is 16.7. The molecule has 2 aromatic rings. The Morgan fingerprint density at radius 1 is 1.10 bits per heavy atom. The number of hydrogen-bond acceptors (Lipinski definition) is 5. The van der Waals surface area contributed by atoms with Gasteiger partial charge in [0.25, 0.3) is 0 Å². The first-order chi connectivity index (χ1) is 13.9. The molecule has 2 heterocycles. The molecule has 6 nitrogen and oxygen atoms in total. The Kier molecular flexibility index (Phi) is 7.10. The summed E-state index contributed by atoms with van der Waals surface area (Å²) in [4.78, 5) is 8.84. The van der Waals surface area contributed by atoms with Gasteiger partial charge in [0.15, 0.2) is 0 Å². The molecule has 1 fully saturated rings. The van der Waals surface area contributed by atoms with Gasteiger partial charge in [0.05, 0.1) is 0 Å². The Morgan fingerprint density at radius 3 is 2.34 bits per heavy atom. The highest BCUT2D eigenvalue weighted by Crippen LogP contribution is 2.23. The van der Waals surface area contributed by atoms with Gasteiger partial charge < -0.3 is 4.90 Å². The second-order valence-corrected chi connectivity index (χ2v) is 9.25. The number of sulfonamides is 1. The summed E-state index contributed by atoms with van der Waals surface area (Å²) >= 11 is 6.13. The quantitative estimate of drug-likeness (QED) is 0.661. The number of benzene rings is 1. The topological polar surface area (TPSA) is 56.8 Å². The zero-order chi connectivity index (χ0) is 21.0. The molecule has 158 valence electrons. The number of halogens is 2. The Labute approximate surface area is 176 Å². The van der Waals surface area contributed by atoms with Gasteiger partial charge in [0, 0.05) is 62.6 Å². The van der Waals surface area contributed by atoms with Gasteiger partial charge in [-0.1, -0.05) is 31.5 Å². The van der Waals surface area contributed by atoms with E-state index in [0.29, 0.717) is 30.2 Å². The molecule has 0 saturated carbocycles. The Hall–Kier alpha value is -1.74. The lowest BCUT2D eigenvalue weighted by Crippen LogP contribution is -2.46. The molecule has 3 rings (SSSR count). The van der Waals surface area contributed by atoms with Gasteiger partial charge in [-0.05, 0) is 24.3 Å². The number of hydrogen-bond donors (Lipinski definition) is 0. The molecule has 1 aliphatic rings. The first kappa shape index (κ1) is 22.0. The van der Waals surface area contributed by atoms with E-state index in [1.165, 1.54) is 16.6 Å². The lowest BCUT2D eigenvalue weighted by molar-refractivity contribution is 0.246. The predicted molar refractivity (Wildman–Crippen MR) is 113 cm³/mol. The highest BCUT2D eigenvalue weighted by molar-refractivity contribution is 7.89. The molecule has 0 unspecified atom stereocenters. The van der Waals surface area contributed by atoms with Crippen molar-refractivity contribution in [2.24, 2.45) is 0 Å². The van der Waals surface area contributed by atoms with Gasteiger partial charge in [-0.2, -0.15) is 4.31 Å². The standard InChI is InChI=1S/C20H26ClFN4O2S/c1-3-26(4-2)29(27,28)16-8-9-20(23-14-16)25-12-10-24(11-13-25)15-17-18(21)6-5-7-19(17)22/h5-9,14H,3-4,10-13,15H2,1-2H3. The highest BCUT2D eigenvalue weighted by Gasteiger charge is 2.24. The summed E-state index contributed by atoms with van der Waals surface area (Å²) in [6.45, 7) is 7.88. The van der Waals surface area contributed by atoms with Gasteiger partial charge in [-0.25, -0.2) is 17.8 Å². The SMILES string of the molecule is CCN(CC)S(=O)(=O)c1ccc(N2CCN(Cc3c(F)cccc3Cl)CC2)nc1. The van der Waals surface area contributed by atoms with Crippen molar-refractivity contribution in [1.82, 2.24) is 14.2 Å². The average Bonchev–Trinajstić information content (AvgIpc) is 2.72. The molecule has 1 aromatic carbocycles. The molecule has 0 aliphatic carbocycles. The van der Waals surface area contributed by atoms with Crippen LogP contribution in [0.25, 0.3) is 0 Å². The Balaban J connectivity index is 1.63. The fourth-order valence-electron chi connectivity index (χ4n) is 3.47. The van der Waals surface area contributed by atoms with E-state index in [9.17, 15) is 12.8 Å². The van der Waals surface area contributed by atoms with Crippen molar-refractivity contribution < 1.29 is 12.8 Å². The van der Waals surface area contributed by atoms with Crippen molar-refractivity contribution >= 4 is 27.4 Å². The van der Waals surface area contributed by atoms with E-state index in [1.54, 1.807) is 24.3 Å². The zero-order valence-corrected chi connectivity index (χ0v) is 18.3. The summed E-state index contributed by atoms with van der Waals surface area (Å²) in [7, 11) is -3.50. The second kappa shape index (κ2) is 9.38. The van der Waals surface area contributed by atoms with Crippen molar-refractivity contribution in [3.05, 3.63) is 52.9 Å². The molecule has 1 saturated heterocycles. The van der Waals surface area contributed by atoms with Crippen molar-refractivity contribution in [2.75, 3.05) is 44.2 Å². The van der Waals surface area contributed by atoms with E-state index >= 15 is 0 Å². The minimum atomic E-state index is -3.50. The van der Waals surface area contributed by atoms with Crippen LogP contribution in [0.5, 0.6) is 0 Å². The molecule has 29 heavy (non-hydrogen) atoms. The maximum Gasteiger partial charge on any atom is 0.244 e. The van der Waals surface area contributed by atoms with E-state index in [2.05, 4.69) is 14.8 Å². The molecular formula is C20H26ClFN4O2S. The molecule has 0 N–H and O–H groups in total. The molecular weight excluding hydrogens is 415 g/mol. The summed E-state index contributed by atoms with van der Waals surface area (Å²) in [5, 5.41) is 0.444. The lowest BCUT2D eigenvalue weighted by Gasteiger charge is -2.35. The van der Waals surface area contributed by atoms with E-state index in [1.807, 2.05) is 13.8 Å². The fourth-order valence-corrected chi connectivity index (χ4v) is 5.09. The monoisotopic (exact) mass is 440 g/mol. The average molecular weight is 441 g/mol. The number of aromatic nitrogens is 1. The third kappa shape index (κ3) is 4.88. The maximum absolute atomic E-state index is 14.0. The summed E-state index contributed by atoms with van der Waals surface area (Å²) in [6, 6.07) is 8.10. The molecule has 1 aromatic heterocycles. The fraction of sp³-hybridized carbons (Fsp3) is 0.450. The van der Waals surface area contributed by atoms with Crippen LogP contribution in [0.2, 0.25) is 5.02 Å². The Bertz CT molecular complexity index is 908. The van der Waals surface area contributed by atoms with Crippen LogP contribution in [-0.4, -0.2) is 61.9 Å². The van der Waals surface area contributed by atoms with Crippen LogP contribution in [0.3, 0.4) is 0 Å². The number of pyridine rings is 1. The highest BCUT2D eigenvalue weighted by atomic mass is 35.5. The summed E-state index contributed by atoms with van der Waals surface area (Å²) in [6.07, 6.45) is 1.43. The smallest absolute Gasteiger partial charge is 0.244 e. The molecule has 1 aliphatic heterocycles. The molecule has 0 radical (unpaired) electrons. The number of nitrogens with zero attached hydrogens (tertiary/aromatic N) is 4. The van der Waals surface area contributed by atoms with E-state index in [-0.39, 0.29) is 10.7 Å². The normalized spacial score (nSPS) is 15.8. The van der Waals surface area contributed by atoms with Crippen molar-refractivity contribution in [3.63, 3.8) is 0 Å². The van der Waals surface area contributed by atoms with Gasteiger partial charge >= 0.3 is 0 Å². The maximum atomic E-state index is 14.0. The van der Waals surface area contributed by atoms with Crippen LogP contribution in [0.4, 0.5) is 10.2 Å². The molecule has 0 bridgehead atoms. The minimum absolute atomic E-state index is 0.206. The van der Waals surface area contributed by atoms with Crippen LogP contribution in [0.1, 0.15) is 19.4 Å². The molecule has 0 spiro atoms. The first-order valence-electron chi connectivity index (χ1n) is 9.73. The molecule has 0 amide bonds.